The molecule has 0 radical (unpaired) electrons. The second kappa shape index (κ2) is 7.60. The molecular weight excluding hydrogens is 236 g/mol. The predicted molar refractivity (Wildman–Crippen MR) is 64.6 cm³/mol. The van der Waals surface area contributed by atoms with E-state index in [0.29, 0.717) is 19.8 Å². The molecule has 18 heavy (non-hydrogen) atoms. The Balaban J connectivity index is 2.10. The molecule has 1 aliphatic rings. The van der Waals surface area contributed by atoms with Gasteiger partial charge in [-0.25, -0.2) is 0 Å². The molecule has 0 aliphatic carbocycles. The molecule has 0 aromatic rings. The summed E-state index contributed by atoms with van der Waals surface area (Å²) in [6.45, 7) is 3.86. The number of amides is 3. The molecule has 3 amide bonds. The smallest absolute Gasteiger partial charge is 0.253 e. The van der Waals surface area contributed by atoms with E-state index in [0.717, 1.165) is 11.3 Å². The third kappa shape index (κ3) is 4.67. The van der Waals surface area contributed by atoms with Gasteiger partial charge in [0.1, 0.15) is 0 Å². The van der Waals surface area contributed by atoms with E-state index in [1.165, 1.54) is 12.2 Å². The van der Waals surface area contributed by atoms with Gasteiger partial charge < -0.3 is 10.1 Å². The van der Waals surface area contributed by atoms with Crippen molar-refractivity contribution in [2.24, 2.45) is 0 Å². The summed E-state index contributed by atoms with van der Waals surface area (Å²) in [5.74, 6) is -0.882. The van der Waals surface area contributed by atoms with Crippen molar-refractivity contribution < 1.29 is 19.1 Å². The molecule has 0 saturated heterocycles. The zero-order chi connectivity index (χ0) is 13.4. The molecule has 1 heterocycles. The van der Waals surface area contributed by atoms with E-state index < -0.39 is 0 Å². The predicted octanol–water partition coefficient (Wildman–Crippen LogP) is -0.156. The van der Waals surface area contributed by atoms with Gasteiger partial charge in [-0.1, -0.05) is 0 Å². The molecule has 0 saturated carbocycles. The Kier molecular flexibility index (Phi) is 6.07. The summed E-state index contributed by atoms with van der Waals surface area (Å²) >= 11 is 0. The zero-order valence-electron chi connectivity index (χ0n) is 10.5. The number of ether oxygens (including phenoxy) is 1. The maximum Gasteiger partial charge on any atom is 0.253 e. The van der Waals surface area contributed by atoms with E-state index >= 15 is 0 Å². The summed E-state index contributed by atoms with van der Waals surface area (Å²) in [5, 5.41) is 2.71. The van der Waals surface area contributed by atoms with Crippen LogP contribution in [0.2, 0.25) is 0 Å². The lowest BCUT2D eigenvalue weighted by Gasteiger charge is -2.13. The summed E-state index contributed by atoms with van der Waals surface area (Å²) < 4.78 is 5.13. The Bertz CT molecular complexity index is 334. The van der Waals surface area contributed by atoms with Gasteiger partial charge in [-0.15, -0.1) is 0 Å². The van der Waals surface area contributed by atoms with Gasteiger partial charge in [0.15, 0.2) is 0 Å². The van der Waals surface area contributed by atoms with Gasteiger partial charge in [0.25, 0.3) is 11.8 Å². The number of hydrogen-bond acceptors (Lipinski definition) is 4. The fourth-order valence-corrected chi connectivity index (χ4v) is 1.50. The Morgan fingerprint density at radius 1 is 1.33 bits per heavy atom. The first-order valence-electron chi connectivity index (χ1n) is 6.03. The number of carbonyl (C=O) groups is 3. The van der Waals surface area contributed by atoms with Crippen LogP contribution in [0, 0.1) is 0 Å². The minimum absolute atomic E-state index is 0.127. The molecule has 1 aliphatic heterocycles. The molecule has 0 aromatic carbocycles. The SMILES string of the molecule is CCOCCCNC(=O)CCN1C(=O)C=CC1=O. The Morgan fingerprint density at radius 3 is 2.61 bits per heavy atom. The zero-order valence-corrected chi connectivity index (χ0v) is 10.5. The van der Waals surface area contributed by atoms with Gasteiger partial charge in [-0.05, 0) is 13.3 Å². The number of carbonyl (C=O) groups excluding carboxylic acids is 3. The van der Waals surface area contributed by atoms with Crippen molar-refractivity contribution in [3.63, 3.8) is 0 Å². The van der Waals surface area contributed by atoms with E-state index in [9.17, 15) is 14.4 Å². The molecule has 0 atom stereocenters. The van der Waals surface area contributed by atoms with Crippen LogP contribution >= 0.6 is 0 Å². The highest BCUT2D eigenvalue weighted by Gasteiger charge is 2.23. The van der Waals surface area contributed by atoms with Crippen molar-refractivity contribution in [2.45, 2.75) is 19.8 Å². The summed E-state index contributed by atoms with van der Waals surface area (Å²) in [5.41, 5.74) is 0. The summed E-state index contributed by atoms with van der Waals surface area (Å²) in [6.07, 6.45) is 3.31. The van der Waals surface area contributed by atoms with E-state index in [2.05, 4.69) is 5.32 Å². The maximum absolute atomic E-state index is 11.4. The quantitative estimate of drug-likeness (QED) is 0.482. The van der Waals surface area contributed by atoms with E-state index in [1.54, 1.807) is 0 Å². The summed E-state index contributed by atoms with van der Waals surface area (Å²) in [7, 11) is 0. The van der Waals surface area contributed by atoms with Crippen LogP contribution in [-0.4, -0.2) is 48.9 Å². The minimum atomic E-state index is -0.357. The van der Waals surface area contributed by atoms with Crippen molar-refractivity contribution in [2.75, 3.05) is 26.3 Å². The first kappa shape index (κ1) is 14.4. The van der Waals surface area contributed by atoms with Crippen molar-refractivity contribution >= 4 is 17.7 Å². The lowest BCUT2D eigenvalue weighted by atomic mass is 10.3. The lowest BCUT2D eigenvalue weighted by molar-refractivity contribution is -0.137. The summed E-state index contributed by atoms with van der Waals surface area (Å²) in [6, 6.07) is 0. The second-order valence-electron chi connectivity index (χ2n) is 3.81. The second-order valence-corrected chi connectivity index (χ2v) is 3.81. The normalized spacial score (nSPS) is 14.4. The molecular formula is C12H18N2O4. The topological polar surface area (TPSA) is 75.7 Å². The van der Waals surface area contributed by atoms with Crippen LogP contribution in [0.4, 0.5) is 0 Å². The van der Waals surface area contributed by atoms with Crippen molar-refractivity contribution in [1.29, 1.82) is 0 Å². The Morgan fingerprint density at radius 2 is 2.00 bits per heavy atom. The molecule has 1 N–H and O–H groups in total. The highest BCUT2D eigenvalue weighted by atomic mass is 16.5. The average Bonchev–Trinajstić information content (AvgIpc) is 2.66. The molecule has 0 spiro atoms. The Labute approximate surface area is 106 Å². The van der Waals surface area contributed by atoms with Crippen LogP contribution in [0.5, 0.6) is 0 Å². The van der Waals surface area contributed by atoms with E-state index in [-0.39, 0.29) is 30.7 Å². The lowest BCUT2D eigenvalue weighted by Crippen LogP contribution is -2.35. The van der Waals surface area contributed by atoms with Crippen molar-refractivity contribution in [3.05, 3.63) is 12.2 Å². The van der Waals surface area contributed by atoms with Gasteiger partial charge >= 0.3 is 0 Å². The number of nitrogens with one attached hydrogen (secondary N) is 1. The molecule has 6 nitrogen and oxygen atoms in total. The number of imide groups is 1. The number of nitrogens with zero attached hydrogens (tertiary/aromatic N) is 1. The van der Waals surface area contributed by atoms with Gasteiger partial charge in [-0.2, -0.15) is 0 Å². The third-order valence-electron chi connectivity index (χ3n) is 2.45. The van der Waals surface area contributed by atoms with Crippen molar-refractivity contribution in [1.82, 2.24) is 10.2 Å². The highest BCUT2D eigenvalue weighted by molar-refractivity contribution is 6.13. The molecule has 1 rings (SSSR count). The average molecular weight is 254 g/mol. The molecule has 0 bridgehead atoms. The monoisotopic (exact) mass is 254 g/mol. The van der Waals surface area contributed by atoms with E-state index in [1.807, 2.05) is 6.92 Å². The van der Waals surface area contributed by atoms with Crippen LogP contribution in [0.3, 0.4) is 0 Å². The van der Waals surface area contributed by atoms with Crippen molar-refractivity contribution in [3.8, 4) is 0 Å². The standard InChI is InChI=1S/C12H18N2O4/c1-2-18-9-3-7-13-10(15)6-8-14-11(16)4-5-12(14)17/h4-5H,2-3,6-9H2,1H3,(H,13,15). The van der Waals surface area contributed by atoms with Crippen LogP contribution in [0.25, 0.3) is 0 Å². The van der Waals surface area contributed by atoms with Gasteiger partial charge in [-0.3, -0.25) is 19.3 Å². The minimum Gasteiger partial charge on any atom is -0.382 e. The third-order valence-corrected chi connectivity index (χ3v) is 2.45. The molecule has 100 valence electrons. The van der Waals surface area contributed by atoms with Crippen LogP contribution in [0.15, 0.2) is 12.2 Å². The van der Waals surface area contributed by atoms with Crippen LogP contribution in [0.1, 0.15) is 19.8 Å². The van der Waals surface area contributed by atoms with Crippen LogP contribution < -0.4 is 5.32 Å². The van der Waals surface area contributed by atoms with Gasteiger partial charge in [0.05, 0.1) is 0 Å². The van der Waals surface area contributed by atoms with Gasteiger partial charge in [0, 0.05) is 44.9 Å². The summed E-state index contributed by atoms with van der Waals surface area (Å²) in [4.78, 5) is 34.9. The number of rotatable bonds is 8. The largest absolute Gasteiger partial charge is 0.382 e. The first-order chi connectivity index (χ1) is 8.65. The van der Waals surface area contributed by atoms with Crippen LogP contribution in [-0.2, 0) is 19.1 Å². The maximum atomic E-state index is 11.4. The molecule has 0 unspecified atom stereocenters. The fourth-order valence-electron chi connectivity index (χ4n) is 1.50. The highest BCUT2D eigenvalue weighted by Crippen LogP contribution is 2.03. The van der Waals surface area contributed by atoms with E-state index in [4.69, 9.17) is 4.74 Å². The van der Waals surface area contributed by atoms with Gasteiger partial charge in [0.2, 0.25) is 5.91 Å². The molecule has 0 aromatic heterocycles. The fraction of sp³-hybridized carbons (Fsp3) is 0.583. The number of hydrogen-bond donors (Lipinski definition) is 1. The first-order valence-corrected chi connectivity index (χ1v) is 6.03. The molecule has 0 fully saturated rings. The molecule has 6 heteroatoms. The Hall–Kier alpha value is -1.69.